The summed E-state index contributed by atoms with van der Waals surface area (Å²) in [5.74, 6) is -0.387. The van der Waals surface area contributed by atoms with E-state index in [1.54, 1.807) is 0 Å². The van der Waals surface area contributed by atoms with Gasteiger partial charge in [-0.2, -0.15) is 0 Å². The molecule has 0 bridgehead atoms. The number of para-hydroxylation sites is 2. The van der Waals surface area contributed by atoms with E-state index in [4.69, 9.17) is 0 Å². The fourth-order valence-electron chi connectivity index (χ4n) is 4.14. The highest BCUT2D eigenvalue weighted by atomic mass is 16.2. The molecular weight excluding hydrogens is 424 g/mol. The third-order valence-corrected chi connectivity index (χ3v) is 5.84. The fourth-order valence-corrected chi connectivity index (χ4v) is 4.14. The topological polar surface area (TPSA) is 82.9 Å². The van der Waals surface area contributed by atoms with Crippen LogP contribution in [0.15, 0.2) is 107 Å². The fraction of sp³-hybridized carbons (Fsp3) is 0. The summed E-state index contributed by atoms with van der Waals surface area (Å²) in [7, 11) is 0. The maximum absolute atomic E-state index is 12.3. The number of carbonyl (C=O) groups is 2. The van der Waals surface area contributed by atoms with Crippen LogP contribution in [0.2, 0.25) is 0 Å². The van der Waals surface area contributed by atoms with Gasteiger partial charge in [-0.05, 0) is 47.5 Å². The Hall–Kier alpha value is -4.84. The van der Waals surface area contributed by atoms with Gasteiger partial charge in [0.15, 0.2) is 0 Å². The Labute approximate surface area is 195 Å². The number of amides is 2. The molecule has 6 nitrogen and oxygen atoms in total. The molecule has 0 spiro atoms. The van der Waals surface area contributed by atoms with Crippen LogP contribution in [-0.2, 0) is 9.59 Å². The second-order valence-electron chi connectivity index (χ2n) is 8.01. The van der Waals surface area contributed by atoms with Crippen LogP contribution in [-0.4, -0.2) is 23.2 Å². The van der Waals surface area contributed by atoms with E-state index >= 15 is 0 Å². The molecule has 2 N–H and O–H groups in total. The highest BCUT2D eigenvalue weighted by Gasteiger charge is 2.26. The lowest BCUT2D eigenvalue weighted by Gasteiger charge is -2.04. The van der Waals surface area contributed by atoms with Crippen LogP contribution in [0, 0.1) is 0 Å². The predicted molar refractivity (Wildman–Crippen MR) is 134 cm³/mol. The minimum absolute atomic E-state index is 0.193. The van der Waals surface area contributed by atoms with Crippen LogP contribution in [0.25, 0.3) is 11.1 Å². The Morgan fingerprint density at radius 3 is 1.26 bits per heavy atom. The highest BCUT2D eigenvalue weighted by Crippen LogP contribution is 2.29. The standard InChI is InChI=1S/C28H18N4O2/c33-27-25(21-5-1-3-7-23(21)31-27)29-19-13-9-17(10-14-19)18-11-15-20(16-12-18)30-26-22-6-2-4-8-24(22)32-28(26)34/h1-16H,(H,29,31,33)(H,30,32,34). The molecule has 2 amide bonds. The second-order valence-corrected chi connectivity index (χ2v) is 8.01. The molecule has 0 radical (unpaired) electrons. The van der Waals surface area contributed by atoms with Crippen LogP contribution in [0.4, 0.5) is 22.7 Å². The first kappa shape index (κ1) is 19.8. The Kier molecular flexibility index (Phi) is 4.63. The maximum Gasteiger partial charge on any atom is 0.275 e. The summed E-state index contributed by atoms with van der Waals surface area (Å²) in [5.41, 5.74) is 7.48. The molecule has 4 aromatic carbocycles. The molecular formula is C28H18N4O2. The van der Waals surface area contributed by atoms with Gasteiger partial charge in [0, 0.05) is 11.1 Å². The maximum atomic E-state index is 12.3. The van der Waals surface area contributed by atoms with Gasteiger partial charge in [-0.15, -0.1) is 0 Å². The smallest absolute Gasteiger partial charge is 0.275 e. The number of anilines is 2. The van der Waals surface area contributed by atoms with Crippen molar-refractivity contribution in [3.63, 3.8) is 0 Å². The normalized spacial score (nSPS) is 16.4. The number of aliphatic imine (C=N–C) groups is 2. The van der Waals surface area contributed by atoms with Gasteiger partial charge in [0.1, 0.15) is 11.4 Å². The van der Waals surface area contributed by atoms with Crippen molar-refractivity contribution in [2.75, 3.05) is 10.6 Å². The molecule has 2 aliphatic rings. The average Bonchev–Trinajstić information content (AvgIpc) is 3.36. The monoisotopic (exact) mass is 442 g/mol. The zero-order chi connectivity index (χ0) is 23.1. The molecule has 0 aromatic heterocycles. The summed E-state index contributed by atoms with van der Waals surface area (Å²) in [6.45, 7) is 0. The van der Waals surface area contributed by atoms with Crippen molar-refractivity contribution in [2.45, 2.75) is 0 Å². The SMILES string of the molecule is O=C1Nc2ccccc2C1=Nc1ccc(-c2ccc(N=C3C(=O)Nc4ccccc43)cc2)cc1. The van der Waals surface area contributed by atoms with Gasteiger partial charge in [-0.1, -0.05) is 60.7 Å². The number of nitrogens with one attached hydrogen (secondary N) is 2. The Morgan fingerprint density at radius 2 is 0.853 bits per heavy atom. The molecule has 162 valence electrons. The molecule has 6 rings (SSSR count). The number of carbonyl (C=O) groups excluding carboxylic acids is 2. The van der Waals surface area contributed by atoms with Crippen LogP contribution in [0.3, 0.4) is 0 Å². The van der Waals surface area contributed by atoms with E-state index in [9.17, 15) is 9.59 Å². The number of nitrogens with zero attached hydrogens (tertiary/aromatic N) is 2. The number of rotatable bonds is 3. The molecule has 4 aromatic rings. The number of fused-ring (bicyclic) bond motifs is 2. The van der Waals surface area contributed by atoms with Crippen molar-refractivity contribution in [3.05, 3.63) is 108 Å². The largest absolute Gasteiger partial charge is 0.320 e. The van der Waals surface area contributed by atoms with Gasteiger partial charge >= 0.3 is 0 Å². The lowest BCUT2D eigenvalue weighted by Crippen LogP contribution is -2.13. The number of hydrogen-bond acceptors (Lipinski definition) is 4. The van der Waals surface area contributed by atoms with Gasteiger partial charge in [-0.25, -0.2) is 9.98 Å². The van der Waals surface area contributed by atoms with E-state index in [-0.39, 0.29) is 11.8 Å². The van der Waals surface area contributed by atoms with Crippen LogP contribution in [0.5, 0.6) is 0 Å². The van der Waals surface area contributed by atoms with Crippen molar-refractivity contribution in [3.8, 4) is 11.1 Å². The molecule has 2 aliphatic heterocycles. The minimum atomic E-state index is -0.193. The van der Waals surface area contributed by atoms with Crippen molar-refractivity contribution < 1.29 is 9.59 Å². The number of benzene rings is 4. The Balaban J connectivity index is 1.24. The lowest BCUT2D eigenvalue weighted by molar-refractivity contribution is -0.110. The molecule has 0 saturated carbocycles. The van der Waals surface area contributed by atoms with E-state index in [0.29, 0.717) is 22.8 Å². The lowest BCUT2D eigenvalue weighted by atomic mass is 10.0. The summed E-state index contributed by atoms with van der Waals surface area (Å²) in [6, 6.07) is 30.5. The first-order valence-electron chi connectivity index (χ1n) is 10.9. The average molecular weight is 442 g/mol. The van der Waals surface area contributed by atoms with E-state index in [1.165, 1.54) is 0 Å². The first-order valence-corrected chi connectivity index (χ1v) is 10.9. The van der Waals surface area contributed by atoms with Gasteiger partial charge < -0.3 is 10.6 Å². The highest BCUT2D eigenvalue weighted by molar-refractivity contribution is 6.54. The molecule has 6 heteroatoms. The van der Waals surface area contributed by atoms with Gasteiger partial charge in [0.2, 0.25) is 0 Å². The van der Waals surface area contributed by atoms with Gasteiger partial charge in [0.25, 0.3) is 11.8 Å². The quantitative estimate of drug-likeness (QED) is 0.439. The zero-order valence-corrected chi connectivity index (χ0v) is 17.9. The molecule has 0 saturated heterocycles. The molecule has 0 atom stereocenters. The summed E-state index contributed by atoms with van der Waals surface area (Å²) >= 11 is 0. The Morgan fingerprint density at radius 1 is 0.471 bits per heavy atom. The number of hydrogen-bond donors (Lipinski definition) is 2. The Bertz CT molecular complexity index is 1400. The second kappa shape index (κ2) is 7.94. The first-order chi connectivity index (χ1) is 16.7. The molecule has 0 fully saturated rings. The minimum Gasteiger partial charge on any atom is -0.320 e. The van der Waals surface area contributed by atoms with Crippen molar-refractivity contribution in [2.24, 2.45) is 9.98 Å². The summed E-state index contributed by atoms with van der Waals surface area (Å²) in [5, 5.41) is 5.68. The zero-order valence-electron chi connectivity index (χ0n) is 17.9. The van der Waals surface area contributed by atoms with E-state index in [2.05, 4.69) is 20.6 Å². The summed E-state index contributed by atoms with van der Waals surface area (Å²) in [4.78, 5) is 33.7. The van der Waals surface area contributed by atoms with Crippen LogP contribution >= 0.6 is 0 Å². The summed E-state index contributed by atoms with van der Waals surface area (Å²) in [6.07, 6.45) is 0. The molecule has 2 heterocycles. The summed E-state index contributed by atoms with van der Waals surface area (Å²) < 4.78 is 0. The van der Waals surface area contributed by atoms with Crippen LogP contribution in [0.1, 0.15) is 11.1 Å². The van der Waals surface area contributed by atoms with E-state index < -0.39 is 0 Å². The third kappa shape index (κ3) is 3.47. The van der Waals surface area contributed by atoms with Crippen LogP contribution < -0.4 is 10.6 Å². The third-order valence-electron chi connectivity index (χ3n) is 5.84. The van der Waals surface area contributed by atoms with Gasteiger partial charge in [0.05, 0.1) is 22.7 Å². The molecule has 34 heavy (non-hydrogen) atoms. The van der Waals surface area contributed by atoms with E-state index in [0.717, 1.165) is 33.6 Å². The van der Waals surface area contributed by atoms with Crippen molar-refractivity contribution in [1.29, 1.82) is 0 Å². The predicted octanol–water partition coefficient (Wildman–Crippen LogP) is 5.50. The molecule has 0 unspecified atom stereocenters. The van der Waals surface area contributed by atoms with Crippen molar-refractivity contribution >= 4 is 46.0 Å². The van der Waals surface area contributed by atoms with Crippen molar-refractivity contribution in [1.82, 2.24) is 0 Å². The van der Waals surface area contributed by atoms with Gasteiger partial charge in [-0.3, -0.25) is 9.59 Å². The molecule has 0 aliphatic carbocycles. The van der Waals surface area contributed by atoms with E-state index in [1.807, 2.05) is 97.1 Å².